The number of nitrogens with zero attached hydrogens (tertiary/aromatic N) is 1. The largest absolute Gasteiger partial charge is 0.348 e. The highest BCUT2D eigenvalue weighted by atomic mass is 15.0. The van der Waals surface area contributed by atoms with Gasteiger partial charge in [0.1, 0.15) is 0 Å². The second-order valence-electron chi connectivity index (χ2n) is 3.37. The number of nitrogens with one attached hydrogen (secondary N) is 1. The van der Waals surface area contributed by atoms with E-state index in [1.54, 1.807) is 0 Å². The molecular formula is C11H20N2. The van der Waals surface area contributed by atoms with Crippen molar-refractivity contribution in [2.75, 3.05) is 0 Å². The summed E-state index contributed by atoms with van der Waals surface area (Å²) in [5.74, 6) is 1.08. The Hall–Kier alpha value is -0.790. The third-order valence-electron chi connectivity index (χ3n) is 2.48. The number of rotatable bonds is 0. The summed E-state index contributed by atoms with van der Waals surface area (Å²) >= 11 is 0. The molecule has 2 rings (SSSR count). The molecule has 1 aliphatic heterocycles. The van der Waals surface area contributed by atoms with Gasteiger partial charge in [0, 0.05) is 5.70 Å². The lowest BCUT2D eigenvalue weighted by atomic mass is 10.1. The zero-order chi connectivity index (χ0) is 9.84. The van der Waals surface area contributed by atoms with Crippen molar-refractivity contribution in [3.05, 3.63) is 11.3 Å². The standard InChI is InChI=1S/C9H14N2.C2H6/c1-6-8-4-3-5-9(8)11-7(2)10-6;1-2/h6H,3-5H2,1-2H3,(H,10,11);1-2H3. The summed E-state index contributed by atoms with van der Waals surface area (Å²) in [5, 5.41) is 3.34. The summed E-state index contributed by atoms with van der Waals surface area (Å²) in [6.07, 6.45) is 3.79. The van der Waals surface area contributed by atoms with E-state index in [4.69, 9.17) is 0 Å². The van der Waals surface area contributed by atoms with Crippen molar-refractivity contribution in [3.8, 4) is 0 Å². The quantitative estimate of drug-likeness (QED) is 0.609. The molecule has 74 valence electrons. The van der Waals surface area contributed by atoms with E-state index in [9.17, 15) is 0 Å². The molecule has 0 bridgehead atoms. The molecule has 0 spiro atoms. The normalized spacial score (nSPS) is 25.5. The molecule has 0 radical (unpaired) electrons. The van der Waals surface area contributed by atoms with Crippen LogP contribution in [0.2, 0.25) is 0 Å². The van der Waals surface area contributed by atoms with Gasteiger partial charge < -0.3 is 5.32 Å². The van der Waals surface area contributed by atoms with Crippen LogP contribution in [0.4, 0.5) is 0 Å². The maximum Gasteiger partial charge on any atom is 0.0980 e. The summed E-state index contributed by atoms with van der Waals surface area (Å²) in [4.78, 5) is 4.47. The highest BCUT2D eigenvalue weighted by Crippen LogP contribution is 2.29. The molecule has 0 aromatic carbocycles. The van der Waals surface area contributed by atoms with Gasteiger partial charge >= 0.3 is 0 Å². The van der Waals surface area contributed by atoms with E-state index in [1.807, 2.05) is 20.8 Å². The van der Waals surface area contributed by atoms with Gasteiger partial charge in [-0.05, 0) is 38.7 Å². The van der Waals surface area contributed by atoms with Crippen LogP contribution in [0, 0.1) is 0 Å². The lowest BCUT2D eigenvalue weighted by Crippen LogP contribution is -2.27. The van der Waals surface area contributed by atoms with Gasteiger partial charge in [-0.25, -0.2) is 0 Å². The molecule has 2 nitrogen and oxygen atoms in total. The molecule has 13 heavy (non-hydrogen) atoms. The van der Waals surface area contributed by atoms with Crippen LogP contribution >= 0.6 is 0 Å². The first-order chi connectivity index (χ1) is 6.27. The lowest BCUT2D eigenvalue weighted by Gasteiger charge is -2.19. The molecular weight excluding hydrogens is 160 g/mol. The molecule has 1 N–H and O–H groups in total. The third kappa shape index (κ3) is 2.11. The fourth-order valence-corrected chi connectivity index (χ4v) is 1.99. The zero-order valence-corrected chi connectivity index (χ0v) is 9.15. The molecule has 2 heteroatoms. The van der Waals surface area contributed by atoms with Crippen molar-refractivity contribution in [3.63, 3.8) is 0 Å². The first kappa shape index (κ1) is 10.3. The number of amidine groups is 1. The van der Waals surface area contributed by atoms with Crippen LogP contribution in [0.3, 0.4) is 0 Å². The average molecular weight is 180 g/mol. The highest BCUT2D eigenvalue weighted by Gasteiger charge is 2.22. The molecule has 0 amide bonds. The Morgan fingerprint density at radius 3 is 2.69 bits per heavy atom. The van der Waals surface area contributed by atoms with E-state index in [1.165, 1.54) is 30.5 Å². The average Bonchev–Trinajstić information content (AvgIpc) is 2.55. The summed E-state index contributed by atoms with van der Waals surface area (Å²) in [6, 6.07) is 0.439. The van der Waals surface area contributed by atoms with Crippen LogP contribution in [-0.2, 0) is 0 Å². The monoisotopic (exact) mass is 180 g/mol. The number of hydrogen-bond acceptors (Lipinski definition) is 2. The van der Waals surface area contributed by atoms with E-state index in [0.29, 0.717) is 6.04 Å². The number of hydrogen-bond donors (Lipinski definition) is 1. The van der Waals surface area contributed by atoms with Crippen molar-refractivity contribution in [2.24, 2.45) is 4.99 Å². The molecule has 0 fully saturated rings. The Bertz CT molecular complexity index is 238. The molecule has 0 saturated heterocycles. The van der Waals surface area contributed by atoms with Crippen LogP contribution in [-0.4, -0.2) is 11.9 Å². The van der Waals surface area contributed by atoms with E-state index in [-0.39, 0.29) is 0 Å². The molecule has 0 aromatic rings. The summed E-state index contributed by atoms with van der Waals surface area (Å²) in [7, 11) is 0. The zero-order valence-electron chi connectivity index (χ0n) is 9.15. The predicted molar refractivity (Wildman–Crippen MR) is 57.9 cm³/mol. The predicted octanol–water partition coefficient (Wildman–Crippen LogP) is 2.86. The summed E-state index contributed by atoms with van der Waals surface area (Å²) < 4.78 is 0. The smallest absolute Gasteiger partial charge is 0.0980 e. The Morgan fingerprint density at radius 1 is 1.31 bits per heavy atom. The molecule has 1 heterocycles. The van der Waals surface area contributed by atoms with Gasteiger partial charge in [0.25, 0.3) is 0 Å². The number of aliphatic imine (C=N–C) groups is 1. The minimum Gasteiger partial charge on any atom is -0.348 e. The molecule has 1 aliphatic carbocycles. The maximum absolute atomic E-state index is 4.47. The van der Waals surface area contributed by atoms with Gasteiger partial charge in [0.15, 0.2) is 0 Å². The van der Waals surface area contributed by atoms with Gasteiger partial charge in [-0.15, -0.1) is 0 Å². The van der Waals surface area contributed by atoms with Crippen LogP contribution < -0.4 is 5.32 Å². The Kier molecular flexibility index (Phi) is 3.52. The van der Waals surface area contributed by atoms with Crippen molar-refractivity contribution >= 4 is 5.84 Å². The van der Waals surface area contributed by atoms with Crippen LogP contribution in [0.25, 0.3) is 0 Å². The Labute approximate surface area is 81.1 Å². The molecule has 1 atom stereocenters. The van der Waals surface area contributed by atoms with Gasteiger partial charge in [-0.3, -0.25) is 4.99 Å². The minimum atomic E-state index is 0.439. The lowest BCUT2D eigenvalue weighted by molar-refractivity contribution is 0.780. The molecule has 1 unspecified atom stereocenters. The fraction of sp³-hybridized carbons (Fsp3) is 0.727. The third-order valence-corrected chi connectivity index (χ3v) is 2.48. The summed E-state index contributed by atoms with van der Waals surface area (Å²) in [6.45, 7) is 8.23. The van der Waals surface area contributed by atoms with Gasteiger partial charge in [-0.2, -0.15) is 0 Å². The second-order valence-corrected chi connectivity index (χ2v) is 3.37. The SMILES string of the molecule is CC.CC1=NC(C)C2=C(CCC2)N1. The minimum absolute atomic E-state index is 0.439. The Morgan fingerprint density at radius 2 is 2.00 bits per heavy atom. The molecule has 0 saturated carbocycles. The number of allylic oxidation sites excluding steroid dienone is 1. The van der Waals surface area contributed by atoms with Gasteiger partial charge in [0.2, 0.25) is 0 Å². The molecule has 2 aliphatic rings. The van der Waals surface area contributed by atoms with E-state index in [2.05, 4.69) is 17.2 Å². The van der Waals surface area contributed by atoms with Gasteiger partial charge in [0.05, 0.1) is 11.9 Å². The van der Waals surface area contributed by atoms with Crippen molar-refractivity contribution in [2.45, 2.75) is 53.0 Å². The van der Waals surface area contributed by atoms with Crippen LogP contribution in [0.15, 0.2) is 16.3 Å². The van der Waals surface area contributed by atoms with Crippen molar-refractivity contribution in [1.29, 1.82) is 0 Å². The van der Waals surface area contributed by atoms with Crippen LogP contribution in [0.5, 0.6) is 0 Å². The van der Waals surface area contributed by atoms with E-state index >= 15 is 0 Å². The van der Waals surface area contributed by atoms with E-state index in [0.717, 1.165) is 5.84 Å². The van der Waals surface area contributed by atoms with Crippen LogP contribution in [0.1, 0.15) is 47.0 Å². The topological polar surface area (TPSA) is 24.4 Å². The van der Waals surface area contributed by atoms with E-state index < -0.39 is 0 Å². The highest BCUT2D eigenvalue weighted by molar-refractivity contribution is 5.83. The van der Waals surface area contributed by atoms with Crippen molar-refractivity contribution < 1.29 is 0 Å². The second kappa shape index (κ2) is 4.45. The first-order valence-electron chi connectivity index (χ1n) is 5.30. The summed E-state index contributed by atoms with van der Waals surface area (Å²) in [5.41, 5.74) is 2.99. The maximum atomic E-state index is 4.47. The molecule has 0 aromatic heterocycles. The fourth-order valence-electron chi connectivity index (χ4n) is 1.99. The first-order valence-corrected chi connectivity index (χ1v) is 5.30. The van der Waals surface area contributed by atoms with Gasteiger partial charge in [-0.1, -0.05) is 13.8 Å². The Balaban J connectivity index is 0.000000396. The van der Waals surface area contributed by atoms with Crippen molar-refractivity contribution in [1.82, 2.24) is 5.32 Å².